The summed E-state index contributed by atoms with van der Waals surface area (Å²) in [6, 6.07) is 0. The molecule has 0 radical (unpaired) electrons. The SMILES string of the molecule is CCCCCCCCCCOC(=O)C1=C[C@@]2(C)C(=CC1=O)CC[C@@H]1[C@@H]2[C@@H](O)C[C@@]2(C)[C@H]1CC[C@]2(C)O. The van der Waals surface area contributed by atoms with Crippen LogP contribution < -0.4 is 0 Å². The molecule has 5 nitrogen and oxygen atoms in total. The minimum atomic E-state index is -0.774. The Morgan fingerprint density at radius 1 is 1.06 bits per heavy atom. The number of ketones is 1. The molecule has 0 aromatic heterocycles. The predicted octanol–water partition coefficient (Wildman–Crippen LogP) is 6.07. The number of rotatable bonds is 10. The normalized spacial score (nSPS) is 39.6. The van der Waals surface area contributed by atoms with Gasteiger partial charge in [-0.05, 0) is 63.4 Å². The second-order valence-electron chi connectivity index (χ2n) is 12.8. The summed E-state index contributed by atoms with van der Waals surface area (Å²) in [5.41, 5.74) is -0.472. The lowest BCUT2D eigenvalue weighted by Gasteiger charge is -2.59. The smallest absolute Gasteiger partial charge is 0.341 e. The van der Waals surface area contributed by atoms with Crippen LogP contribution in [0, 0.1) is 28.6 Å². The average molecular weight is 501 g/mol. The fraction of sp³-hybridized carbons (Fsp3) is 0.806. The molecule has 36 heavy (non-hydrogen) atoms. The monoisotopic (exact) mass is 500 g/mol. The third-order valence-corrected chi connectivity index (χ3v) is 10.6. The topological polar surface area (TPSA) is 83.8 Å². The number of aliphatic hydroxyl groups excluding tert-OH is 1. The van der Waals surface area contributed by atoms with Crippen molar-refractivity contribution in [2.45, 2.75) is 123 Å². The Balaban J connectivity index is 1.41. The van der Waals surface area contributed by atoms with E-state index in [-0.39, 0.29) is 28.6 Å². The first-order valence-electron chi connectivity index (χ1n) is 14.6. The van der Waals surface area contributed by atoms with Crippen LogP contribution in [0.5, 0.6) is 0 Å². The molecule has 0 aliphatic heterocycles. The number of allylic oxidation sites excluding steroid dienone is 3. The molecule has 0 aromatic carbocycles. The average Bonchev–Trinajstić information content (AvgIpc) is 3.06. The lowest BCUT2D eigenvalue weighted by molar-refractivity contribution is -0.158. The van der Waals surface area contributed by atoms with Gasteiger partial charge in [-0.3, -0.25) is 4.79 Å². The van der Waals surface area contributed by atoms with Crippen LogP contribution in [-0.2, 0) is 14.3 Å². The first-order chi connectivity index (χ1) is 17.0. The summed E-state index contributed by atoms with van der Waals surface area (Å²) in [6.45, 7) is 8.73. The van der Waals surface area contributed by atoms with Crippen molar-refractivity contribution in [2.24, 2.45) is 28.6 Å². The van der Waals surface area contributed by atoms with Crippen LogP contribution in [0.1, 0.15) is 111 Å². The maximum Gasteiger partial charge on any atom is 0.341 e. The number of hydrogen-bond acceptors (Lipinski definition) is 5. The zero-order chi connectivity index (χ0) is 26.1. The van der Waals surface area contributed by atoms with Crippen molar-refractivity contribution >= 4 is 11.8 Å². The van der Waals surface area contributed by atoms with Gasteiger partial charge in [-0.1, -0.05) is 77.4 Å². The van der Waals surface area contributed by atoms with E-state index in [0.717, 1.165) is 50.5 Å². The van der Waals surface area contributed by atoms with Gasteiger partial charge in [0.1, 0.15) is 5.57 Å². The van der Waals surface area contributed by atoms with Gasteiger partial charge in [-0.2, -0.15) is 0 Å². The van der Waals surface area contributed by atoms with Crippen LogP contribution in [0.2, 0.25) is 0 Å². The molecule has 0 unspecified atom stereocenters. The fourth-order valence-corrected chi connectivity index (χ4v) is 8.29. The van der Waals surface area contributed by atoms with Crippen LogP contribution in [0.15, 0.2) is 23.3 Å². The standard InChI is InChI=1S/C31H48O5/c1-5-6-7-8-9-10-11-12-17-36-28(34)23-19-29(2)21(18-25(23)32)13-14-22-24-15-16-31(4,35)30(24,3)20-26(33)27(22)29/h18-19,22,24,26-27,33,35H,5-17,20H2,1-4H3/t22-,24-,26-,27+,29-,30-,31-/m0/s1. The second-order valence-corrected chi connectivity index (χ2v) is 12.8. The number of carbonyl (C=O) groups excluding carboxylic acids is 2. The summed E-state index contributed by atoms with van der Waals surface area (Å²) in [7, 11) is 0. The highest BCUT2D eigenvalue weighted by atomic mass is 16.5. The minimum absolute atomic E-state index is 0.0620. The Bertz CT molecular complexity index is 901. The molecule has 2 N–H and O–H groups in total. The van der Waals surface area contributed by atoms with E-state index in [1.807, 2.05) is 13.0 Å². The first kappa shape index (κ1) is 27.6. The Morgan fingerprint density at radius 3 is 2.42 bits per heavy atom. The summed E-state index contributed by atoms with van der Waals surface area (Å²) in [5, 5.41) is 22.6. The predicted molar refractivity (Wildman–Crippen MR) is 141 cm³/mol. The maximum absolute atomic E-state index is 13.0. The third kappa shape index (κ3) is 4.87. The highest BCUT2D eigenvalue weighted by molar-refractivity contribution is 6.22. The van der Waals surface area contributed by atoms with Gasteiger partial charge in [-0.25, -0.2) is 4.79 Å². The van der Waals surface area contributed by atoms with E-state index in [2.05, 4.69) is 20.8 Å². The molecular formula is C31H48O5. The summed E-state index contributed by atoms with van der Waals surface area (Å²) >= 11 is 0. The van der Waals surface area contributed by atoms with Gasteiger partial charge >= 0.3 is 5.97 Å². The zero-order valence-corrected chi connectivity index (χ0v) is 23.0. The first-order valence-corrected chi connectivity index (χ1v) is 14.6. The molecule has 3 saturated carbocycles. The Hall–Kier alpha value is -1.46. The number of esters is 1. The number of carbonyl (C=O) groups is 2. The van der Waals surface area contributed by atoms with Gasteiger partial charge in [-0.15, -0.1) is 0 Å². The summed E-state index contributed by atoms with van der Waals surface area (Å²) in [5.74, 6) is -0.258. The van der Waals surface area contributed by atoms with Crippen molar-refractivity contribution in [1.29, 1.82) is 0 Å². The van der Waals surface area contributed by atoms with E-state index in [1.54, 1.807) is 6.08 Å². The van der Waals surface area contributed by atoms with E-state index < -0.39 is 23.1 Å². The minimum Gasteiger partial charge on any atom is -0.462 e. The van der Waals surface area contributed by atoms with E-state index in [0.29, 0.717) is 18.9 Å². The molecule has 202 valence electrons. The van der Waals surface area contributed by atoms with Crippen LogP contribution in [0.25, 0.3) is 0 Å². The van der Waals surface area contributed by atoms with Crippen molar-refractivity contribution in [3.05, 3.63) is 23.3 Å². The molecule has 0 amide bonds. The summed E-state index contributed by atoms with van der Waals surface area (Å²) < 4.78 is 5.54. The maximum atomic E-state index is 13.0. The van der Waals surface area contributed by atoms with Gasteiger partial charge in [0.05, 0.1) is 18.3 Å². The van der Waals surface area contributed by atoms with Crippen molar-refractivity contribution in [1.82, 2.24) is 0 Å². The molecule has 3 fully saturated rings. The summed E-state index contributed by atoms with van der Waals surface area (Å²) in [4.78, 5) is 25.9. The zero-order valence-electron chi connectivity index (χ0n) is 23.0. The molecule has 4 aliphatic rings. The molecule has 5 heteroatoms. The molecule has 4 aliphatic carbocycles. The van der Waals surface area contributed by atoms with Crippen LogP contribution in [0.4, 0.5) is 0 Å². The number of unbranched alkanes of at least 4 members (excludes halogenated alkanes) is 7. The quantitative estimate of drug-likeness (QED) is 0.216. The molecule has 0 spiro atoms. The van der Waals surface area contributed by atoms with Gasteiger partial charge in [0, 0.05) is 16.7 Å². The Morgan fingerprint density at radius 2 is 1.72 bits per heavy atom. The molecule has 0 saturated heterocycles. The van der Waals surface area contributed by atoms with Crippen LogP contribution in [0.3, 0.4) is 0 Å². The molecule has 0 heterocycles. The van der Waals surface area contributed by atoms with E-state index >= 15 is 0 Å². The molecule has 7 atom stereocenters. The molecular weight excluding hydrogens is 452 g/mol. The van der Waals surface area contributed by atoms with Gasteiger partial charge < -0.3 is 14.9 Å². The van der Waals surface area contributed by atoms with Gasteiger partial charge in [0.25, 0.3) is 0 Å². The van der Waals surface area contributed by atoms with Crippen molar-refractivity contribution in [3.63, 3.8) is 0 Å². The van der Waals surface area contributed by atoms with Gasteiger partial charge in [0.2, 0.25) is 0 Å². The number of ether oxygens (including phenoxy) is 1. The van der Waals surface area contributed by atoms with E-state index in [4.69, 9.17) is 4.74 Å². The van der Waals surface area contributed by atoms with Crippen molar-refractivity contribution < 1.29 is 24.5 Å². The lowest BCUT2D eigenvalue weighted by Crippen LogP contribution is -2.58. The summed E-state index contributed by atoms with van der Waals surface area (Å²) in [6.07, 6.45) is 16.2. The molecule has 0 bridgehead atoms. The largest absolute Gasteiger partial charge is 0.462 e. The van der Waals surface area contributed by atoms with Crippen molar-refractivity contribution in [3.8, 4) is 0 Å². The van der Waals surface area contributed by atoms with Crippen LogP contribution in [-0.4, -0.2) is 40.3 Å². The molecule has 4 rings (SSSR count). The molecule has 0 aromatic rings. The van der Waals surface area contributed by atoms with Crippen molar-refractivity contribution in [2.75, 3.05) is 6.61 Å². The highest BCUT2D eigenvalue weighted by Gasteiger charge is 2.65. The van der Waals surface area contributed by atoms with Crippen LogP contribution >= 0.6 is 0 Å². The van der Waals surface area contributed by atoms with Gasteiger partial charge in [0.15, 0.2) is 5.78 Å². The number of hydrogen-bond donors (Lipinski definition) is 2. The Kier molecular flexibility index (Phi) is 8.22. The number of aliphatic hydroxyl groups is 2. The fourth-order valence-electron chi connectivity index (χ4n) is 8.29. The second kappa shape index (κ2) is 10.7. The Labute approximate surface area is 217 Å². The lowest BCUT2D eigenvalue weighted by atomic mass is 9.46. The number of fused-ring (bicyclic) bond motifs is 5. The van der Waals surface area contributed by atoms with E-state index in [1.165, 1.54) is 32.1 Å². The third-order valence-electron chi connectivity index (χ3n) is 10.6. The highest BCUT2D eigenvalue weighted by Crippen LogP contribution is 2.67. The van der Waals surface area contributed by atoms with E-state index in [9.17, 15) is 19.8 Å².